The summed E-state index contributed by atoms with van der Waals surface area (Å²) in [5, 5.41) is 0. The zero-order chi connectivity index (χ0) is 8.20. The van der Waals surface area contributed by atoms with Crippen LogP contribution < -0.4 is 5.73 Å². The maximum absolute atomic E-state index is 5.86. The van der Waals surface area contributed by atoms with Gasteiger partial charge in [-0.2, -0.15) is 0 Å². The van der Waals surface area contributed by atoms with Gasteiger partial charge in [0.05, 0.1) is 0 Å². The molecule has 0 bridgehead atoms. The van der Waals surface area contributed by atoms with Gasteiger partial charge in [0.15, 0.2) is 0 Å². The summed E-state index contributed by atoms with van der Waals surface area (Å²) in [6.07, 6.45) is 2.16. The molecule has 0 amide bonds. The molecular weight excluding hydrogens is 126 g/mol. The molecule has 0 heterocycles. The van der Waals surface area contributed by atoms with Crippen LogP contribution in [0.25, 0.3) is 0 Å². The molecule has 0 aromatic carbocycles. The maximum Gasteiger partial charge on any atom is 0.116 e. The molecule has 0 aliphatic carbocycles. The summed E-state index contributed by atoms with van der Waals surface area (Å²) in [6.45, 7) is 6.21. The molecule has 10 heavy (non-hydrogen) atoms. The lowest BCUT2D eigenvalue weighted by atomic mass is 9.92. The molecule has 0 fully saturated rings. The van der Waals surface area contributed by atoms with E-state index in [4.69, 9.17) is 10.5 Å². The van der Waals surface area contributed by atoms with Crippen molar-refractivity contribution >= 4 is 0 Å². The highest BCUT2D eigenvalue weighted by atomic mass is 16.5. The first-order chi connectivity index (χ1) is 4.58. The molecule has 2 heteroatoms. The highest BCUT2D eigenvalue weighted by Gasteiger charge is 2.26. The van der Waals surface area contributed by atoms with E-state index >= 15 is 0 Å². The maximum atomic E-state index is 5.86. The molecular formula is C8H19NO. The summed E-state index contributed by atoms with van der Waals surface area (Å²) in [5.74, 6) is 0.470. The van der Waals surface area contributed by atoms with Gasteiger partial charge in [0, 0.05) is 13.0 Å². The lowest BCUT2D eigenvalue weighted by Gasteiger charge is -2.31. The molecule has 0 rings (SSSR count). The van der Waals surface area contributed by atoms with Crippen molar-refractivity contribution in [2.24, 2.45) is 11.7 Å². The van der Waals surface area contributed by atoms with Crippen LogP contribution in [0.4, 0.5) is 0 Å². The van der Waals surface area contributed by atoms with E-state index in [1.54, 1.807) is 7.11 Å². The van der Waals surface area contributed by atoms with E-state index in [0.717, 1.165) is 12.8 Å². The van der Waals surface area contributed by atoms with Crippen LogP contribution in [0.3, 0.4) is 0 Å². The topological polar surface area (TPSA) is 35.2 Å². The van der Waals surface area contributed by atoms with Crippen molar-refractivity contribution in [1.29, 1.82) is 0 Å². The SMILES string of the molecule is CCC(CC)C(C)(N)OC. The molecule has 0 aliphatic rings. The second-order valence-electron chi connectivity index (χ2n) is 2.90. The van der Waals surface area contributed by atoms with Crippen LogP contribution >= 0.6 is 0 Å². The van der Waals surface area contributed by atoms with Crippen molar-refractivity contribution in [3.8, 4) is 0 Å². The number of hydrogen-bond donors (Lipinski definition) is 1. The van der Waals surface area contributed by atoms with Gasteiger partial charge in [-0.15, -0.1) is 0 Å². The van der Waals surface area contributed by atoms with Gasteiger partial charge >= 0.3 is 0 Å². The molecule has 2 nitrogen and oxygen atoms in total. The first kappa shape index (κ1) is 9.92. The minimum Gasteiger partial charge on any atom is -0.364 e. The lowest BCUT2D eigenvalue weighted by Crippen LogP contribution is -2.45. The smallest absolute Gasteiger partial charge is 0.116 e. The Labute approximate surface area is 63.7 Å². The average molecular weight is 145 g/mol. The second-order valence-corrected chi connectivity index (χ2v) is 2.90. The molecule has 0 aromatic rings. The Kier molecular flexibility index (Phi) is 3.91. The average Bonchev–Trinajstić information content (AvgIpc) is 1.90. The summed E-state index contributed by atoms with van der Waals surface area (Å²) in [4.78, 5) is 0. The Morgan fingerprint density at radius 2 is 1.80 bits per heavy atom. The number of hydrogen-bond acceptors (Lipinski definition) is 2. The van der Waals surface area contributed by atoms with Gasteiger partial charge in [-0.1, -0.05) is 13.8 Å². The monoisotopic (exact) mass is 145 g/mol. The Morgan fingerprint density at radius 3 is 1.90 bits per heavy atom. The van der Waals surface area contributed by atoms with E-state index in [2.05, 4.69) is 13.8 Å². The third-order valence-corrected chi connectivity index (χ3v) is 2.24. The van der Waals surface area contributed by atoms with Crippen LogP contribution in [0, 0.1) is 5.92 Å². The molecule has 2 N–H and O–H groups in total. The van der Waals surface area contributed by atoms with Gasteiger partial charge in [0.25, 0.3) is 0 Å². The van der Waals surface area contributed by atoms with Crippen molar-refractivity contribution < 1.29 is 4.74 Å². The van der Waals surface area contributed by atoms with E-state index in [1.807, 2.05) is 6.92 Å². The third kappa shape index (κ3) is 2.27. The molecule has 0 radical (unpaired) electrons. The Balaban J connectivity index is 3.97. The van der Waals surface area contributed by atoms with Crippen LogP contribution in [-0.2, 0) is 4.74 Å². The van der Waals surface area contributed by atoms with Crippen LogP contribution in [0.2, 0.25) is 0 Å². The van der Waals surface area contributed by atoms with E-state index in [9.17, 15) is 0 Å². The third-order valence-electron chi connectivity index (χ3n) is 2.24. The standard InChI is InChI=1S/C8H19NO/c1-5-7(6-2)8(3,9)10-4/h7H,5-6,9H2,1-4H3. The molecule has 0 spiro atoms. The van der Waals surface area contributed by atoms with Gasteiger partial charge in [0.1, 0.15) is 5.72 Å². The van der Waals surface area contributed by atoms with Crippen LogP contribution in [0.5, 0.6) is 0 Å². The fourth-order valence-corrected chi connectivity index (χ4v) is 1.27. The van der Waals surface area contributed by atoms with Gasteiger partial charge in [-0.25, -0.2) is 0 Å². The summed E-state index contributed by atoms with van der Waals surface area (Å²) in [5.41, 5.74) is 5.42. The normalized spacial score (nSPS) is 17.4. The van der Waals surface area contributed by atoms with Crippen LogP contribution in [0.15, 0.2) is 0 Å². The molecule has 0 saturated carbocycles. The summed E-state index contributed by atoms with van der Waals surface area (Å²) in [7, 11) is 1.66. The fourth-order valence-electron chi connectivity index (χ4n) is 1.27. The number of methoxy groups -OCH3 is 1. The Bertz CT molecular complexity index is 87.3. The van der Waals surface area contributed by atoms with E-state index < -0.39 is 5.72 Å². The zero-order valence-electron chi connectivity index (χ0n) is 7.48. The quantitative estimate of drug-likeness (QED) is 0.612. The number of rotatable bonds is 4. The molecule has 0 aliphatic heterocycles. The van der Waals surface area contributed by atoms with Crippen molar-refractivity contribution in [1.82, 2.24) is 0 Å². The van der Waals surface area contributed by atoms with E-state index in [-0.39, 0.29) is 0 Å². The number of nitrogens with two attached hydrogens (primary N) is 1. The molecule has 1 unspecified atom stereocenters. The fraction of sp³-hybridized carbons (Fsp3) is 1.00. The summed E-state index contributed by atoms with van der Waals surface area (Å²) < 4.78 is 5.16. The molecule has 62 valence electrons. The Morgan fingerprint density at radius 1 is 1.40 bits per heavy atom. The minimum absolute atomic E-state index is 0.441. The summed E-state index contributed by atoms with van der Waals surface area (Å²) in [6, 6.07) is 0. The van der Waals surface area contributed by atoms with Crippen molar-refractivity contribution in [3.05, 3.63) is 0 Å². The van der Waals surface area contributed by atoms with Gasteiger partial charge in [-0.05, 0) is 19.8 Å². The van der Waals surface area contributed by atoms with Crippen LogP contribution in [-0.4, -0.2) is 12.8 Å². The largest absolute Gasteiger partial charge is 0.364 e. The van der Waals surface area contributed by atoms with Crippen molar-refractivity contribution in [2.45, 2.75) is 39.3 Å². The van der Waals surface area contributed by atoms with E-state index in [0.29, 0.717) is 5.92 Å². The van der Waals surface area contributed by atoms with Crippen molar-refractivity contribution in [3.63, 3.8) is 0 Å². The van der Waals surface area contributed by atoms with Crippen LogP contribution in [0.1, 0.15) is 33.6 Å². The molecule has 1 atom stereocenters. The molecule has 0 saturated heterocycles. The predicted molar refractivity (Wildman–Crippen MR) is 43.7 cm³/mol. The lowest BCUT2D eigenvalue weighted by molar-refractivity contribution is -0.0410. The zero-order valence-corrected chi connectivity index (χ0v) is 7.48. The van der Waals surface area contributed by atoms with E-state index in [1.165, 1.54) is 0 Å². The van der Waals surface area contributed by atoms with Crippen molar-refractivity contribution in [2.75, 3.05) is 7.11 Å². The Hall–Kier alpha value is -0.0800. The van der Waals surface area contributed by atoms with Gasteiger partial charge < -0.3 is 10.5 Å². The highest BCUT2D eigenvalue weighted by Crippen LogP contribution is 2.21. The molecule has 0 aromatic heterocycles. The first-order valence-corrected chi connectivity index (χ1v) is 3.92. The first-order valence-electron chi connectivity index (χ1n) is 3.92. The highest BCUT2D eigenvalue weighted by molar-refractivity contribution is 4.74. The summed E-state index contributed by atoms with van der Waals surface area (Å²) >= 11 is 0. The predicted octanol–water partition coefficient (Wildman–Crippen LogP) is 1.74. The second kappa shape index (κ2) is 3.94. The number of ether oxygens (including phenoxy) is 1. The minimum atomic E-state index is -0.441. The van der Waals surface area contributed by atoms with Gasteiger partial charge in [0.2, 0.25) is 0 Å². The van der Waals surface area contributed by atoms with Gasteiger partial charge in [-0.3, -0.25) is 0 Å².